The molecule has 18 atom stereocenters. The first-order chi connectivity index (χ1) is 47.7. The fraction of sp³-hybridized carbons (Fsp3) is 0.424. The molecule has 2 fully saturated rings. The molecule has 7 unspecified atom stereocenters. The fourth-order valence-electron chi connectivity index (χ4n) is 12.5. The number of aliphatic hydroxyl groups excluding tert-OH is 6. The molecule has 7 amide bonds. The summed E-state index contributed by atoms with van der Waals surface area (Å²) in [6.07, 6.45) is -18.6. The number of amides is 7. The molecule has 7 heterocycles. The van der Waals surface area contributed by atoms with Crippen molar-refractivity contribution in [3.05, 3.63) is 117 Å². The number of fused-ring (bicyclic) bond motifs is 15. The number of nitrogens with two attached hydrogens (primary N) is 2. The van der Waals surface area contributed by atoms with Gasteiger partial charge in [0.15, 0.2) is 29.9 Å². The summed E-state index contributed by atoms with van der Waals surface area (Å²) in [5.41, 5.74) is 8.00. The van der Waals surface area contributed by atoms with Crippen LogP contribution in [0.5, 0.6) is 46.0 Å². The number of benzene rings is 5. The van der Waals surface area contributed by atoms with Gasteiger partial charge in [0.05, 0.1) is 41.3 Å². The number of phenolic OH excluding ortho intramolecular Hbond substituents is 3. The van der Waals surface area contributed by atoms with E-state index in [1.807, 2.05) is 13.8 Å². The SMILES string of the molecule is CN[C@H](CC(C)C)C(=O)NC1C(=O)N[C@@H](CC(N)=O)C(=O)N[C@H]2C(=O)N[C@H]3C(=O)N[C@H](C(=O)N[C@@H](C(=O)O)c4cc(O)cc(O)c4-c4cc3ccc4O)[C@H](O)c3ccc(c(Cl)c3)Oc3cc2cc(c3O[C@H]2OC(CO)[C@@H](O)[C@H](O)C2OC2CC(C)(N)C(O)C(C)O2)Oc2ccc(cc2Cl)[C@H]1O. The van der Waals surface area contributed by atoms with Crippen LogP contribution in [0.3, 0.4) is 0 Å². The van der Waals surface area contributed by atoms with E-state index in [0.29, 0.717) is 0 Å². The number of nitrogens with one attached hydrogen (secondary N) is 7. The van der Waals surface area contributed by atoms with Crippen molar-refractivity contribution in [1.29, 1.82) is 0 Å². The average molecular weight is 1450 g/mol. The summed E-state index contributed by atoms with van der Waals surface area (Å²) in [6.45, 7) is 5.66. The Morgan fingerprint density at radius 1 is 0.713 bits per heavy atom. The first-order valence-corrected chi connectivity index (χ1v) is 32.4. The summed E-state index contributed by atoms with van der Waals surface area (Å²) in [6, 6.07) is -0.679. The zero-order valence-electron chi connectivity index (χ0n) is 54.3. The standard InChI is InChI=1S/C66H75Cl2N9O24/c1-23(2)12-34(71-5)58(88)76-49-51(83)26-7-10-38(32(67)14-26)97-40-16-28-17-41(55(40)101-65-56(54(86)53(85)42(22-78)99-65)100-44-21-66(4,70)57(87)24(3)96-44)98-39-11-8-27(15-33(39)68)52(84)50-63(93)75-48(64(94)95)31-18-29(79)19-37(81)45(31)30-13-25(6-9-36(30)80)46(60(90)77-50)74-61(91)47(28)73-59(89)35(20-43(69)82)72-62(49)92/h6-11,13-19,23-24,34-35,42,44,46-54,56-57,65,71,78-81,83-87H,12,20-22,70H2,1-5H3,(H2,69,82)(H,72,92)(H,73,89)(H,74,91)(H,75,93)(H,76,88)(H,77,90)(H,94,95)/t24?,34-,35+,42?,44?,46-,47-,48-,49?,50+,51-,52-,53-,54+,56?,57?,65-,66?/m1/s1. The van der Waals surface area contributed by atoms with E-state index in [2.05, 4.69) is 37.2 Å². The molecule has 5 aromatic carbocycles. The summed E-state index contributed by atoms with van der Waals surface area (Å²) in [7, 11) is 1.47. The van der Waals surface area contributed by atoms with E-state index in [-0.39, 0.29) is 46.2 Å². The number of aromatic hydroxyl groups is 3. The number of carboxylic acids is 1. The van der Waals surface area contributed by atoms with Crippen LogP contribution in [0.25, 0.3) is 11.1 Å². The van der Waals surface area contributed by atoms with E-state index >= 15 is 14.4 Å². The molecule has 35 heteroatoms. The van der Waals surface area contributed by atoms with E-state index in [1.54, 1.807) is 0 Å². The number of likely N-dealkylation sites (N-methyl/N-ethyl adjacent to an activating group) is 1. The number of phenols is 3. The van der Waals surface area contributed by atoms with Crippen LogP contribution in [0.15, 0.2) is 78.9 Å². The maximum Gasteiger partial charge on any atom is 0.330 e. The van der Waals surface area contributed by atoms with Crippen molar-refractivity contribution in [2.24, 2.45) is 17.4 Å². The lowest BCUT2D eigenvalue weighted by Crippen LogP contribution is -2.64. The van der Waals surface area contributed by atoms with Crippen molar-refractivity contribution < 1.29 is 118 Å². The number of primary amides is 1. The third-order valence-electron chi connectivity index (χ3n) is 17.8. The van der Waals surface area contributed by atoms with E-state index in [1.165, 1.54) is 33.0 Å². The van der Waals surface area contributed by atoms with Crippen LogP contribution in [0.1, 0.15) is 105 Å². The summed E-state index contributed by atoms with van der Waals surface area (Å²) in [5, 5.41) is 131. The Kier molecular flexibility index (Phi) is 22.2. The van der Waals surface area contributed by atoms with Gasteiger partial charge in [-0.1, -0.05) is 55.2 Å². The van der Waals surface area contributed by atoms with Gasteiger partial charge in [-0.3, -0.25) is 33.6 Å². The largest absolute Gasteiger partial charge is 0.508 e. The topological polar surface area (TPSA) is 530 Å². The van der Waals surface area contributed by atoms with Crippen LogP contribution in [-0.4, -0.2) is 191 Å². The molecule has 0 aliphatic carbocycles. The monoisotopic (exact) mass is 1450 g/mol. The molecule has 7 aliphatic heterocycles. The van der Waals surface area contributed by atoms with Gasteiger partial charge in [-0.2, -0.15) is 0 Å². The van der Waals surface area contributed by atoms with Gasteiger partial charge in [0.25, 0.3) is 0 Å². The number of aliphatic carboxylic acids is 1. The van der Waals surface area contributed by atoms with Gasteiger partial charge in [-0.05, 0) is 110 Å². The van der Waals surface area contributed by atoms with Gasteiger partial charge >= 0.3 is 5.97 Å². The molecule has 21 N–H and O–H groups in total. The molecule has 101 heavy (non-hydrogen) atoms. The van der Waals surface area contributed by atoms with Crippen LogP contribution in [0.4, 0.5) is 0 Å². The van der Waals surface area contributed by atoms with Crippen LogP contribution >= 0.6 is 23.2 Å². The summed E-state index contributed by atoms with van der Waals surface area (Å²) >= 11 is 14.1. The van der Waals surface area contributed by atoms with Crippen molar-refractivity contribution in [2.45, 2.75) is 156 Å². The normalized spacial score (nSPS) is 29.4. The Bertz CT molecular complexity index is 4070. The van der Waals surface area contributed by atoms with Crippen molar-refractivity contribution >= 4 is 70.5 Å². The molecule has 0 aromatic heterocycles. The molecule has 2 saturated heterocycles. The number of hydrogen-bond acceptors (Lipinski definition) is 25. The highest BCUT2D eigenvalue weighted by Crippen LogP contribution is 2.50. The zero-order chi connectivity index (χ0) is 73.5. The molecule has 0 spiro atoms. The molecule has 12 rings (SSSR count). The lowest BCUT2D eigenvalue weighted by molar-refractivity contribution is -0.333. The maximum absolute atomic E-state index is 16.0. The third kappa shape index (κ3) is 15.8. The molecule has 0 saturated carbocycles. The van der Waals surface area contributed by atoms with Crippen molar-refractivity contribution in [3.8, 4) is 57.1 Å². The highest BCUT2D eigenvalue weighted by molar-refractivity contribution is 6.32. The highest BCUT2D eigenvalue weighted by atomic mass is 35.5. The second kappa shape index (κ2) is 30.2. The van der Waals surface area contributed by atoms with Crippen molar-refractivity contribution in [1.82, 2.24) is 37.2 Å². The quantitative estimate of drug-likeness (QED) is 0.0743. The first kappa shape index (κ1) is 74.5. The number of halogens is 2. The number of carbonyl (C=O) groups excluding carboxylic acids is 7. The van der Waals surface area contributed by atoms with Gasteiger partial charge in [0.1, 0.15) is 89.5 Å². The van der Waals surface area contributed by atoms with Gasteiger partial charge in [-0.15, -0.1) is 0 Å². The molecule has 5 aromatic rings. The van der Waals surface area contributed by atoms with Gasteiger partial charge in [0.2, 0.25) is 53.4 Å². The molecular formula is C66H75Cl2N9O24. The second-order valence-corrected chi connectivity index (χ2v) is 26.5. The molecule has 542 valence electrons. The maximum atomic E-state index is 16.0. The number of aliphatic hydroxyl groups is 6. The Hall–Kier alpha value is -9.20. The number of rotatable bonds is 13. The highest BCUT2D eigenvalue weighted by Gasteiger charge is 2.51. The number of carboxylic acid groups (broad SMARTS) is 1. The summed E-state index contributed by atoms with van der Waals surface area (Å²) < 4.78 is 38.3. The molecule has 7 aliphatic rings. The predicted octanol–water partition coefficient (Wildman–Crippen LogP) is 0.106. The zero-order valence-corrected chi connectivity index (χ0v) is 55.8. The molecular weight excluding hydrogens is 1370 g/mol. The van der Waals surface area contributed by atoms with Crippen LogP contribution in [0.2, 0.25) is 10.0 Å². The van der Waals surface area contributed by atoms with E-state index < -0.39 is 237 Å². The van der Waals surface area contributed by atoms with E-state index in [9.17, 15) is 75.0 Å². The van der Waals surface area contributed by atoms with E-state index in [0.717, 1.165) is 66.7 Å². The first-order valence-electron chi connectivity index (χ1n) is 31.6. The Balaban J connectivity index is 1.24. The second-order valence-electron chi connectivity index (χ2n) is 25.7. The molecule has 11 bridgehead atoms. The molecule has 33 nitrogen and oxygen atoms in total. The predicted molar refractivity (Wildman–Crippen MR) is 349 cm³/mol. The minimum absolute atomic E-state index is 0.0975. The third-order valence-corrected chi connectivity index (χ3v) is 18.4. The van der Waals surface area contributed by atoms with Crippen molar-refractivity contribution in [2.75, 3.05) is 13.7 Å². The Morgan fingerprint density at radius 3 is 1.90 bits per heavy atom. The van der Waals surface area contributed by atoms with Crippen molar-refractivity contribution in [3.63, 3.8) is 0 Å². The minimum atomic E-state index is -2.35. The lowest BCUT2D eigenvalue weighted by atomic mass is 9.86. The summed E-state index contributed by atoms with van der Waals surface area (Å²) in [4.78, 5) is 117. The van der Waals surface area contributed by atoms with Crippen LogP contribution in [-0.2, 0) is 52.6 Å². The average Bonchev–Trinajstić information content (AvgIpc) is 0.775. The van der Waals surface area contributed by atoms with E-state index in [4.69, 9.17) is 63.1 Å². The number of carbonyl (C=O) groups is 8. The summed E-state index contributed by atoms with van der Waals surface area (Å²) in [5.74, 6) is -16.0. The molecule has 0 radical (unpaired) electrons. The van der Waals surface area contributed by atoms with Gasteiger partial charge in [-0.25, -0.2) is 4.79 Å². The Morgan fingerprint density at radius 2 is 1.32 bits per heavy atom. The van der Waals surface area contributed by atoms with Gasteiger partial charge < -0.3 is 128 Å². The Labute approximate surface area is 584 Å². The fourth-order valence-corrected chi connectivity index (χ4v) is 12.9. The van der Waals surface area contributed by atoms with Crippen LogP contribution in [0, 0.1) is 5.92 Å². The minimum Gasteiger partial charge on any atom is -0.508 e. The number of hydrogen-bond donors (Lipinski definition) is 19. The number of ether oxygens (including phenoxy) is 6. The van der Waals surface area contributed by atoms with Gasteiger partial charge in [0, 0.05) is 34.7 Å². The van der Waals surface area contributed by atoms with Crippen LogP contribution < -0.4 is 62.9 Å². The lowest BCUT2D eigenvalue weighted by Gasteiger charge is -2.47. The smallest absolute Gasteiger partial charge is 0.330 e.